The summed E-state index contributed by atoms with van der Waals surface area (Å²) in [5.41, 5.74) is -3.55. The summed E-state index contributed by atoms with van der Waals surface area (Å²) in [6.07, 6.45) is -0.218. The minimum Gasteiger partial charge on any atom is -0.466 e. The first-order valence-electron chi connectivity index (χ1n) is 5.71. The molecule has 0 aliphatic heterocycles. The molecule has 0 saturated carbocycles. The summed E-state index contributed by atoms with van der Waals surface area (Å²) in [5.74, 6) is -0.572. The number of carbonyl (C=O) groups is 1. The molecule has 0 amide bonds. The van der Waals surface area contributed by atoms with E-state index in [1.54, 1.807) is 6.92 Å². The first-order chi connectivity index (χ1) is 9.26. The SMILES string of the molecule is CCOC(=O)Cc1cc(SC(F)(F)F)cc(C)c1C#N. The van der Waals surface area contributed by atoms with Gasteiger partial charge >= 0.3 is 11.5 Å². The lowest BCUT2D eigenvalue weighted by Gasteiger charge is -2.11. The third-order valence-electron chi connectivity index (χ3n) is 2.38. The molecule has 1 aromatic carbocycles. The molecule has 0 saturated heterocycles. The fourth-order valence-electron chi connectivity index (χ4n) is 1.68. The van der Waals surface area contributed by atoms with Gasteiger partial charge < -0.3 is 4.74 Å². The van der Waals surface area contributed by atoms with Crippen molar-refractivity contribution in [1.29, 1.82) is 5.26 Å². The van der Waals surface area contributed by atoms with Crippen LogP contribution < -0.4 is 0 Å². The van der Waals surface area contributed by atoms with Gasteiger partial charge in [-0.05, 0) is 48.9 Å². The third kappa shape index (κ3) is 4.78. The summed E-state index contributed by atoms with van der Waals surface area (Å²) in [6, 6.07) is 4.40. The highest BCUT2D eigenvalue weighted by Crippen LogP contribution is 2.38. The second kappa shape index (κ2) is 6.66. The second-order valence-corrected chi connectivity index (χ2v) is 5.05. The van der Waals surface area contributed by atoms with E-state index in [9.17, 15) is 18.0 Å². The van der Waals surface area contributed by atoms with Crippen molar-refractivity contribution in [2.75, 3.05) is 6.61 Å². The zero-order valence-electron chi connectivity index (χ0n) is 10.9. The Morgan fingerprint density at radius 1 is 1.45 bits per heavy atom. The second-order valence-electron chi connectivity index (χ2n) is 3.92. The van der Waals surface area contributed by atoms with Gasteiger partial charge in [0, 0.05) is 4.90 Å². The monoisotopic (exact) mass is 303 g/mol. The number of carbonyl (C=O) groups excluding carboxylic acids is 1. The molecule has 1 aromatic rings. The molecular weight excluding hydrogens is 291 g/mol. The van der Waals surface area contributed by atoms with Crippen LogP contribution in [0.1, 0.15) is 23.6 Å². The molecule has 0 aliphatic rings. The van der Waals surface area contributed by atoms with E-state index >= 15 is 0 Å². The van der Waals surface area contributed by atoms with Crippen LogP contribution in [0.3, 0.4) is 0 Å². The summed E-state index contributed by atoms with van der Waals surface area (Å²) in [7, 11) is 0. The highest BCUT2D eigenvalue weighted by molar-refractivity contribution is 8.00. The zero-order valence-corrected chi connectivity index (χ0v) is 11.7. The first kappa shape index (κ1) is 16.4. The van der Waals surface area contributed by atoms with Crippen LogP contribution in [0, 0.1) is 18.3 Å². The number of benzene rings is 1. The smallest absolute Gasteiger partial charge is 0.446 e. The lowest BCUT2D eigenvalue weighted by Crippen LogP contribution is -2.10. The van der Waals surface area contributed by atoms with Crippen molar-refractivity contribution in [2.45, 2.75) is 30.7 Å². The number of rotatable bonds is 4. The first-order valence-corrected chi connectivity index (χ1v) is 6.53. The maximum Gasteiger partial charge on any atom is 0.446 e. The van der Waals surface area contributed by atoms with Crippen LogP contribution in [-0.4, -0.2) is 18.1 Å². The van der Waals surface area contributed by atoms with Gasteiger partial charge in [-0.2, -0.15) is 18.4 Å². The topological polar surface area (TPSA) is 50.1 Å². The Morgan fingerprint density at radius 2 is 2.10 bits per heavy atom. The van der Waals surface area contributed by atoms with Crippen molar-refractivity contribution in [3.8, 4) is 6.07 Å². The van der Waals surface area contributed by atoms with E-state index in [2.05, 4.69) is 0 Å². The average Bonchev–Trinajstić information content (AvgIpc) is 2.26. The van der Waals surface area contributed by atoms with E-state index in [4.69, 9.17) is 10.00 Å². The summed E-state index contributed by atoms with van der Waals surface area (Å²) in [6.45, 7) is 3.34. The number of nitriles is 1. The van der Waals surface area contributed by atoms with E-state index in [1.165, 1.54) is 19.1 Å². The van der Waals surface area contributed by atoms with Crippen molar-refractivity contribution >= 4 is 17.7 Å². The maximum absolute atomic E-state index is 12.4. The fourth-order valence-corrected chi connectivity index (χ4v) is 2.39. The van der Waals surface area contributed by atoms with Crippen LogP contribution in [-0.2, 0) is 16.0 Å². The number of alkyl halides is 3. The van der Waals surface area contributed by atoms with Crippen molar-refractivity contribution in [2.24, 2.45) is 0 Å². The molecule has 108 valence electrons. The van der Waals surface area contributed by atoms with E-state index in [0.717, 1.165) is 0 Å². The van der Waals surface area contributed by atoms with Gasteiger partial charge in [-0.3, -0.25) is 4.79 Å². The molecule has 0 atom stereocenters. The van der Waals surface area contributed by atoms with Crippen LogP contribution in [0.15, 0.2) is 17.0 Å². The van der Waals surface area contributed by atoms with Crippen molar-refractivity contribution < 1.29 is 22.7 Å². The number of halogens is 3. The summed E-state index contributed by atoms with van der Waals surface area (Å²) < 4.78 is 41.9. The molecule has 0 radical (unpaired) electrons. The molecular formula is C13H12F3NO2S. The lowest BCUT2D eigenvalue weighted by atomic mass is 10.0. The summed E-state index contributed by atoms with van der Waals surface area (Å²) in [5, 5.41) is 9.03. The van der Waals surface area contributed by atoms with Crippen LogP contribution >= 0.6 is 11.8 Å². The Kier molecular flexibility index (Phi) is 5.45. The predicted octanol–water partition coefficient (Wildman–Crippen LogP) is 3.58. The molecule has 0 bridgehead atoms. The summed E-state index contributed by atoms with van der Waals surface area (Å²) in [4.78, 5) is 11.4. The van der Waals surface area contributed by atoms with E-state index in [-0.39, 0.29) is 40.8 Å². The molecule has 0 aromatic heterocycles. The van der Waals surface area contributed by atoms with Gasteiger partial charge in [0.05, 0.1) is 24.7 Å². The van der Waals surface area contributed by atoms with Crippen molar-refractivity contribution in [1.82, 2.24) is 0 Å². The molecule has 0 spiro atoms. The quantitative estimate of drug-likeness (QED) is 0.630. The number of ether oxygens (including phenoxy) is 1. The van der Waals surface area contributed by atoms with Gasteiger partial charge in [0.1, 0.15) is 0 Å². The number of aryl methyl sites for hydroxylation is 1. The highest BCUT2D eigenvalue weighted by atomic mass is 32.2. The van der Waals surface area contributed by atoms with Crippen molar-refractivity contribution in [3.63, 3.8) is 0 Å². The molecule has 1 rings (SSSR count). The van der Waals surface area contributed by atoms with E-state index in [1.807, 2.05) is 6.07 Å². The standard InChI is InChI=1S/C13H12F3NO2S/c1-3-19-12(18)6-9-5-10(20-13(14,15)16)4-8(2)11(9)7-17/h4-5H,3,6H2,1-2H3. The Bertz CT molecular complexity index is 550. The van der Waals surface area contributed by atoms with Gasteiger partial charge in [0.15, 0.2) is 0 Å². The van der Waals surface area contributed by atoms with Crippen molar-refractivity contribution in [3.05, 3.63) is 28.8 Å². The predicted molar refractivity (Wildman–Crippen MR) is 68.1 cm³/mol. The number of hydrogen-bond donors (Lipinski definition) is 0. The normalized spacial score (nSPS) is 11.0. The molecule has 0 heterocycles. The molecule has 0 aliphatic carbocycles. The third-order valence-corrected chi connectivity index (χ3v) is 3.08. The van der Waals surface area contributed by atoms with Crippen LogP contribution in [0.25, 0.3) is 0 Å². The molecule has 0 fully saturated rings. The van der Waals surface area contributed by atoms with E-state index < -0.39 is 11.5 Å². The average molecular weight is 303 g/mol. The zero-order chi connectivity index (χ0) is 15.3. The molecule has 7 heteroatoms. The Morgan fingerprint density at radius 3 is 2.60 bits per heavy atom. The highest BCUT2D eigenvalue weighted by Gasteiger charge is 2.30. The number of thioether (sulfide) groups is 1. The molecule has 3 nitrogen and oxygen atoms in total. The molecule has 0 unspecified atom stereocenters. The Balaban J connectivity index is 3.13. The van der Waals surface area contributed by atoms with Crippen LogP contribution in [0.5, 0.6) is 0 Å². The lowest BCUT2D eigenvalue weighted by molar-refractivity contribution is -0.142. The number of hydrogen-bond acceptors (Lipinski definition) is 4. The minimum atomic E-state index is -4.41. The largest absolute Gasteiger partial charge is 0.466 e. The van der Waals surface area contributed by atoms with Crippen LogP contribution in [0.4, 0.5) is 13.2 Å². The van der Waals surface area contributed by atoms with Gasteiger partial charge in [-0.15, -0.1) is 0 Å². The van der Waals surface area contributed by atoms with Gasteiger partial charge in [-0.25, -0.2) is 0 Å². The Hall–Kier alpha value is -1.68. The minimum absolute atomic E-state index is 0.0479. The van der Waals surface area contributed by atoms with Gasteiger partial charge in [0.25, 0.3) is 0 Å². The number of nitrogens with zero attached hydrogens (tertiary/aromatic N) is 1. The van der Waals surface area contributed by atoms with Crippen LogP contribution in [0.2, 0.25) is 0 Å². The van der Waals surface area contributed by atoms with E-state index in [0.29, 0.717) is 5.56 Å². The maximum atomic E-state index is 12.4. The Labute approximate surface area is 118 Å². The fraction of sp³-hybridized carbons (Fsp3) is 0.385. The van der Waals surface area contributed by atoms with Gasteiger partial charge in [0.2, 0.25) is 0 Å². The number of esters is 1. The molecule has 0 N–H and O–H groups in total. The van der Waals surface area contributed by atoms with Gasteiger partial charge in [-0.1, -0.05) is 0 Å². The molecule has 20 heavy (non-hydrogen) atoms. The summed E-state index contributed by atoms with van der Waals surface area (Å²) >= 11 is -0.273.